The molecule has 6 nitrogen and oxygen atoms in total. The first kappa shape index (κ1) is 12.4. The molecule has 0 saturated heterocycles. The lowest BCUT2D eigenvalue weighted by Crippen LogP contribution is -2.39. The molecule has 0 spiro atoms. The van der Waals surface area contributed by atoms with E-state index in [4.69, 9.17) is 10.6 Å². The van der Waals surface area contributed by atoms with E-state index in [1.165, 1.54) is 30.4 Å². The summed E-state index contributed by atoms with van der Waals surface area (Å²) < 4.78 is 9.68. The Morgan fingerprint density at radius 2 is 2.53 bits per heavy atom. The van der Waals surface area contributed by atoms with E-state index in [1.807, 2.05) is 0 Å². The molecule has 0 radical (unpaired) electrons. The quantitative estimate of drug-likeness (QED) is 0.328. The van der Waals surface area contributed by atoms with Gasteiger partial charge in [-0.3, -0.25) is 10.2 Å². The zero-order chi connectivity index (χ0) is 11.3. The van der Waals surface area contributed by atoms with Crippen LogP contribution in [0.4, 0.5) is 0 Å². The first-order valence-electron chi connectivity index (χ1n) is 4.13. The fraction of sp³-hybridized carbons (Fsp3) is 0.571. The van der Waals surface area contributed by atoms with Crippen LogP contribution in [-0.4, -0.2) is 34.2 Å². The second-order valence-corrected chi connectivity index (χ2v) is 4.88. The first-order chi connectivity index (χ1) is 7.17. The van der Waals surface area contributed by atoms with Gasteiger partial charge in [0.2, 0.25) is 5.91 Å². The average molecular weight is 248 g/mol. The molecular formula is C7H12N4O2S2. The maximum atomic E-state index is 11.3. The van der Waals surface area contributed by atoms with Crippen LogP contribution < -0.4 is 11.3 Å². The third-order valence-electron chi connectivity index (χ3n) is 1.50. The lowest BCUT2D eigenvalue weighted by Gasteiger charge is -2.11. The molecule has 3 N–H and O–H groups in total. The van der Waals surface area contributed by atoms with Crippen molar-refractivity contribution >= 4 is 29.2 Å². The Morgan fingerprint density at radius 3 is 3.00 bits per heavy atom. The van der Waals surface area contributed by atoms with E-state index in [9.17, 15) is 4.79 Å². The van der Waals surface area contributed by atoms with Crippen molar-refractivity contribution in [3.05, 3.63) is 5.82 Å². The summed E-state index contributed by atoms with van der Waals surface area (Å²) in [5.41, 5.74) is 2.09. The molecule has 1 aromatic heterocycles. The Hall–Kier alpha value is -0.700. The van der Waals surface area contributed by atoms with Crippen LogP contribution in [0.2, 0.25) is 0 Å². The highest BCUT2D eigenvalue weighted by Crippen LogP contribution is 2.25. The molecule has 1 unspecified atom stereocenters. The lowest BCUT2D eigenvalue weighted by atomic mass is 10.4. The molecule has 0 fully saturated rings. The van der Waals surface area contributed by atoms with Crippen LogP contribution in [0.5, 0.6) is 0 Å². The smallest absolute Gasteiger partial charge is 0.249 e. The Bertz CT molecular complexity index is 331. The number of ether oxygens (including phenoxy) is 1. The lowest BCUT2D eigenvalue weighted by molar-refractivity contribution is -0.121. The molecule has 0 aromatic carbocycles. The van der Waals surface area contributed by atoms with Crippen molar-refractivity contribution in [2.45, 2.75) is 16.5 Å². The minimum atomic E-state index is -0.396. The molecule has 8 heteroatoms. The summed E-state index contributed by atoms with van der Waals surface area (Å²) in [7, 11) is 1.53. The fourth-order valence-electron chi connectivity index (χ4n) is 0.855. The second kappa shape index (κ2) is 6.01. The summed E-state index contributed by atoms with van der Waals surface area (Å²) in [6.45, 7) is 2.08. The van der Waals surface area contributed by atoms with Gasteiger partial charge in [-0.15, -0.1) is 0 Å². The van der Waals surface area contributed by atoms with Crippen molar-refractivity contribution in [1.82, 2.24) is 14.8 Å². The Morgan fingerprint density at radius 1 is 1.80 bits per heavy atom. The van der Waals surface area contributed by atoms with Crippen molar-refractivity contribution in [2.24, 2.45) is 5.84 Å². The standard InChI is InChI=1S/C7H12N4O2S2/c1-4-9-7(15-11-4)14-5(3-13-2)6(12)10-8/h5H,3,8H2,1-2H3,(H,10,12). The number of nitrogens with zero attached hydrogens (tertiary/aromatic N) is 2. The molecule has 0 aliphatic carbocycles. The van der Waals surface area contributed by atoms with Gasteiger partial charge in [-0.1, -0.05) is 11.8 Å². The third-order valence-corrected chi connectivity index (χ3v) is 3.55. The van der Waals surface area contributed by atoms with Crippen molar-refractivity contribution in [2.75, 3.05) is 13.7 Å². The Labute approximate surface area is 95.7 Å². The van der Waals surface area contributed by atoms with Gasteiger partial charge in [0.25, 0.3) is 0 Å². The molecule has 1 heterocycles. The summed E-state index contributed by atoms with van der Waals surface area (Å²) in [4.78, 5) is 15.5. The van der Waals surface area contributed by atoms with E-state index in [-0.39, 0.29) is 12.5 Å². The highest BCUT2D eigenvalue weighted by molar-refractivity contribution is 8.02. The van der Waals surface area contributed by atoms with Gasteiger partial charge >= 0.3 is 0 Å². The molecule has 1 rings (SSSR count). The number of hydrazine groups is 1. The van der Waals surface area contributed by atoms with Crippen molar-refractivity contribution < 1.29 is 9.53 Å². The van der Waals surface area contributed by atoms with E-state index in [2.05, 4.69) is 14.8 Å². The van der Waals surface area contributed by atoms with Crippen LogP contribution in [-0.2, 0) is 9.53 Å². The van der Waals surface area contributed by atoms with E-state index < -0.39 is 5.25 Å². The number of aryl methyl sites for hydroxylation is 1. The number of hydrogen-bond acceptors (Lipinski definition) is 7. The van der Waals surface area contributed by atoms with E-state index in [1.54, 1.807) is 6.92 Å². The summed E-state index contributed by atoms with van der Waals surface area (Å²) in [6.07, 6.45) is 0. The van der Waals surface area contributed by atoms with Gasteiger partial charge in [0.1, 0.15) is 11.1 Å². The normalized spacial score (nSPS) is 12.5. The monoisotopic (exact) mass is 248 g/mol. The molecular weight excluding hydrogens is 236 g/mol. The van der Waals surface area contributed by atoms with E-state index in [0.29, 0.717) is 5.82 Å². The zero-order valence-corrected chi connectivity index (χ0v) is 10.0. The molecule has 0 aliphatic heterocycles. The van der Waals surface area contributed by atoms with Crippen LogP contribution in [0.3, 0.4) is 0 Å². The maximum absolute atomic E-state index is 11.3. The topological polar surface area (TPSA) is 90.1 Å². The largest absolute Gasteiger partial charge is 0.383 e. The van der Waals surface area contributed by atoms with Gasteiger partial charge in [-0.25, -0.2) is 10.8 Å². The minimum Gasteiger partial charge on any atom is -0.383 e. The van der Waals surface area contributed by atoms with Crippen LogP contribution in [0.25, 0.3) is 0 Å². The van der Waals surface area contributed by atoms with Gasteiger partial charge in [-0.2, -0.15) is 4.37 Å². The first-order valence-corrected chi connectivity index (χ1v) is 5.79. The zero-order valence-electron chi connectivity index (χ0n) is 8.39. The summed E-state index contributed by atoms with van der Waals surface area (Å²) in [6, 6.07) is 0. The number of carbonyl (C=O) groups is 1. The van der Waals surface area contributed by atoms with Gasteiger partial charge in [0.05, 0.1) is 6.61 Å². The predicted octanol–water partition coefficient (Wildman–Crippen LogP) is -0.0565. The molecule has 84 valence electrons. The fourth-order valence-corrected chi connectivity index (χ4v) is 2.72. The summed E-state index contributed by atoms with van der Waals surface area (Å²) in [5, 5.41) is -0.396. The maximum Gasteiger partial charge on any atom is 0.249 e. The average Bonchev–Trinajstić information content (AvgIpc) is 2.62. The molecule has 1 atom stereocenters. The molecule has 0 saturated carbocycles. The number of thioether (sulfide) groups is 1. The van der Waals surface area contributed by atoms with E-state index >= 15 is 0 Å². The summed E-state index contributed by atoms with van der Waals surface area (Å²) in [5.74, 6) is 5.48. The van der Waals surface area contributed by atoms with Crippen LogP contribution in [0.15, 0.2) is 4.34 Å². The van der Waals surface area contributed by atoms with Gasteiger partial charge in [0, 0.05) is 7.11 Å². The predicted molar refractivity (Wildman–Crippen MR) is 58.5 cm³/mol. The molecule has 1 amide bonds. The van der Waals surface area contributed by atoms with Crippen LogP contribution >= 0.6 is 23.3 Å². The molecule has 1 aromatic rings. The number of amides is 1. The van der Waals surface area contributed by atoms with Crippen molar-refractivity contribution in [3.8, 4) is 0 Å². The number of rotatable bonds is 5. The highest BCUT2D eigenvalue weighted by atomic mass is 32.2. The number of nitrogens with two attached hydrogens (primary N) is 1. The third kappa shape index (κ3) is 3.74. The van der Waals surface area contributed by atoms with Gasteiger partial charge in [-0.05, 0) is 18.5 Å². The number of nitrogens with one attached hydrogen (secondary N) is 1. The second-order valence-electron chi connectivity index (χ2n) is 2.68. The Balaban J connectivity index is 2.62. The Kier molecular flexibility index (Phi) is 4.95. The molecule has 0 aliphatic rings. The van der Waals surface area contributed by atoms with Crippen LogP contribution in [0.1, 0.15) is 5.82 Å². The summed E-state index contributed by atoms with van der Waals surface area (Å²) >= 11 is 2.55. The SMILES string of the molecule is COCC(Sc1nc(C)ns1)C(=O)NN. The highest BCUT2D eigenvalue weighted by Gasteiger charge is 2.20. The van der Waals surface area contributed by atoms with E-state index in [0.717, 1.165) is 4.34 Å². The van der Waals surface area contributed by atoms with Gasteiger partial charge in [0.15, 0.2) is 4.34 Å². The number of carbonyl (C=O) groups excluding carboxylic acids is 1. The van der Waals surface area contributed by atoms with Crippen molar-refractivity contribution in [3.63, 3.8) is 0 Å². The van der Waals surface area contributed by atoms with Gasteiger partial charge < -0.3 is 4.74 Å². The minimum absolute atomic E-state index is 0.283. The molecule has 15 heavy (non-hydrogen) atoms. The number of aromatic nitrogens is 2. The molecule has 0 bridgehead atoms. The van der Waals surface area contributed by atoms with Crippen LogP contribution in [0, 0.1) is 6.92 Å². The number of hydrogen-bond donors (Lipinski definition) is 2. The van der Waals surface area contributed by atoms with Crippen molar-refractivity contribution in [1.29, 1.82) is 0 Å². The number of methoxy groups -OCH3 is 1.